The molecule has 0 aliphatic rings. The second-order valence-corrected chi connectivity index (χ2v) is 6.57. The second-order valence-electron chi connectivity index (χ2n) is 5.54. The zero-order chi connectivity index (χ0) is 18.1. The van der Waals surface area contributed by atoms with Gasteiger partial charge in [-0.15, -0.1) is 11.3 Å². The molecule has 0 saturated carbocycles. The van der Waals surface area contributed by atoms with E-state index in [9.17, 15) is 8.78 Å². The number of alkyl halides is 2. The van der Waals surface area contributed by atoms with E-state index < -0.39 is 6.61 Å². The predicted molar refractivity (Wildman–Crippen MR) is 95.2 cm³/mol. The van der Waals surface area contributed by atoms with Crippen molar-refractivity contribution in [3.63, 3.8) is 0 Å². The van der Waals surface area contributed by atoms with Crippen LogP contribution in [-0.2, 0) is 0 Å². The van der Waals surface area contributed by atoms with Crippen LogP contribution in [0.15, 0.2) is 49.1 Å². The third kappa shape index (κ3) is 3.23. The van der Waals surface area contributed by atoms with E-state index in [2.05, 4.69) is 24.7 Å². The van der Waals surface area contributed by atoms with Crippen molar-refractivity contribution in [3.8, 4) is 26.9 Å². The Balaban J connectivity index is 1.80. The molecule has 0 aliphatic heterocycles. The van der Waals surface area contributed by atoms with Crippen molar-refractivity contribution < 1.29 is 13.5 Å². The summed E-state index contributed by atoms with van der Waals surface area (Å²) in [6, 6.07) is 7.57. The molecule has 0 radical (unpaired) electrons. The van der Waals surface area contributed by atoms with Crippen molar-refractivity contribution in [2.45, 2.75) is 13.5 Å². The molecule has 0 fully saturated rings. The largest absolute Gasteiger partial charge is 0.415 e. The van der Waals surface area contributed by atoms with Crippen molar-refractivity contribution in [1.29, 1.82) is 0 Å². The topological polar surface area (TPSA) is 60.8 Å². The smallest absolute Gasteiger partial charge is 0.388 e. The first-order chi connectivity index (χ1) is 12.6. The van der Waals surface area contributed by atoms with E-state index in [1.807, 2.05) is 25.1 Å². The summed E-state index contributed by atoms with van der Waals surface area (Å²) in [5.74, 6) is -0.209. The number of hydrogen-bond acceptors (Lipinski definition) is 6. The molecule has 0 aliphatic carbocycles. The van der Waals surface area contributed by atoms with Crippen molar-refractivity contribution in [2.24, 2.45) is 0 Å². The normalized spacial score (nSPS) is 11.2. The number of aryl methyl sites for hydroxylation is 1. The average molecular weight is 370 g/mol. The number of benzene rings is 1. The molecule has 4 rings (SSSR count). The first-order valence-corrected chi connectivity index (χ1v) is 8.50. The molecular formula is C18H12F2N4OS. The van der Waals surface area contributed by atoms with Gasteiger partial charge in [0.15, 0.2) is 0 Å². The van der Waals surface area contributed by atoms with Crippen LogP contribution < -0.4 is 4.74 Å². The van der Waals surface area contributed by atoms with Crippen LogP contribution in [-0.4, -0.2) is 26.5 Å². The van der Waals surface area contributed by atoms with Crippen LogP contribution in [0.3, 0.4) is 0 Å². The highest BCUT2D eigenvalue weighted by atomic mass is 32.1. The lowest BCUT2D eigenvalue weighted by atomic mass is 10.1. The summed E-state index contributed by atoms with van der Waals surface area (Å²) in [4.78, 5) is 18.0. The van der Waals surface area contributed by atoms with Crippen LogP contribution in [0.2, 0.25) is 0 Å². The van der Waals surface area contributed by atoms with E-state index >= 15 is 0 Å². The van der Waals surface area contributed by atoms with E-state index in [1.165, 1.54) is 17.5 Å². The van der Waals surface area contributed by atoms with Crippen LogP contribution in [0, 0.1) is 6.92 Å². The molecule has 130 valence electrons. The molecule has 26 heavy (non-hydrogen) atoms. The van der Waals surface area contributed by atoms with E-state index in [0.29, 0.717) is 11.0 Å². The molecule has 0 unspecified atom stereocenters. The molecule has 0 spiro atoms. The summed E-state index contributed by atoms with van der Waals surface area (Å²) in [7, 11) is 0. The summed E-state index contributed by atoms with van der Waals surface area (Å²) < 4.78 is 29.2. The maximum atomic E-state index is 12.4. The van der Waals surface area contributed by atoms with Gasteiger partial charge in [0.1, 0.15) is 5.01 Å². The van der Waals surface area contributed by atoms with Gasteiger partial charge in [-0.1, -0.05) is 6.07 Å². The number of aromatic nitrogens is 4. The zero-order valence-corrected chi connectivity index (χ0v) is 14.4. The van der Waals surface area contributed by atoms with Gasteiger partial charge < -0.3 is 4.74 Å². The Morgan fingerprint density at radius 3 is 2.77 bits per heavy atom. The highest BCUT2D eigenvalue weighted by Gasteiger charge is 2.14. The van der Waals surface area contributed by atoms with E-state index in [4.69, 9.17) is 0 Å². The van der Waals surface area contributed by atoms with Crippen LogP contribution >= 0.6 is 11.3 Å². The fourth-order valence-corrected chi connectivity index (χ4v) is 3.52. The van der Waals surface area contributed by atoms with Gasteiger partial charge in [-0.05, 0) is 30.7 Å². The Labute approximate surface area is 151 Å². The number of rotatable bonds is 4. The predicted octanol–water partition coefficient (Wildman–Crippen LogP) is 4.73. The minimum Gasteiger partial charge on any atom is -0.415 e. The number of thiazole rings is 1. The van der Waals surface area contributed by atoms with Crippen molar-refractivity contribution in [3.05, 3.63) is 54.6 Å². The Kier molecular flexibility index (Phi) is 4.26. The number of ether oxygens (including phenoxy) is 1. The SMILES string of the molecule is Cc1cc(-c2ncc(-c3cccnc3)s2)c2ncc(OC(F)F)nc2c1. The first kappa shape index (κ1) is 16.5. The lowest BCUT2D eigenvalue weighted by molar-refractivity contribution is -0.0528. The minimum atomic E-state index is -2.94. The summed E-state index contributed by atoms with van der Waals surface area (Å²) in [6.07, 6.45) is 6.48. The molecule has 0 amide bonds. The molecule has 4 aromatic rings. The number of pyridine rings is 1. The molecule has 0 N–H and O–H groups in total. The number of hydrogen-bond donors (Lipinski definition) is 0. The van der Waals surface area contributed by atoms with Gasteiger partial charge >= 0.3 is 6.61 Å². The fourth-order valence-electron chi connectivity index (χ4n) is 2.60. The maximum absolute atomic E-state index is 12.4. The van der Waals surface area contributed by atoms with Crippen LogP contribution in [0.1, 0.15) is 5.56 Å². The summed E-state index contributed by atoms with van der Waals surface area (Å²) in [5.41, 5.74) is 3.78. The molecule has 3 aromatic heterocycles. The Morgan fingerprint density at radius 1 is 1.12 bits per heavy atom. The second kappa shape index (κ2) is 6.72. The van der Waals surface area contributed by atoms with Crippen LogP contribution in [0.25, 0.3) is 32.0 Å². The minimum absolute atomic E-state index is 0.209. The number of nitrogens with zero attached hydrogens (tertiary/aromatic N) is 4. The fraction of sp³-hybridized carbons (Fsp3) is 0.111. The lowest BCUT2D eigenvalue weighted by Crippen LogP contribution is -2.04. The van der Waals surface area contributed by atoms with E-state index in [1.54, 1.807) is 24.7 Å². The quantitative estimate of drug-likeness (QED) is 0.520. The first-order valence-electron chi connectivity index (χ1n) is 7.69. The van der Waals surface area contributed by atoms with Crippen LogP contribution in [0.5, 0.6) is 5.88 Å². The molecule has 0 bridgehead atoms. The number of fused-ring (bicyclic) bond motifs is 1. The summed E-state index contributed by atoms with van der Waals surface area (Å²) >= 11 is 1.51. The molecule has 0 saturated heterocycles. The summed E-state index contributed by atoms with van der Waals surface area (Å²) in [5, 5.41) is 0.773. The Bertz CT molecular complexity index is 1070. The standard InChI is InChI=1S/C18H12F2N4OS/c1-10-5-12(16-13(6-10)24-15(9-22-16)25-18(19)20)17-23-8-14(26-17)11-3-2-4-21-7-11/h2-9,18H,1H3. The molecule has 8 heteroatoms. The average Bonchev–Trinajstić information content (AvgIpc) is 3.11. The van der Waals surface area contributed by atoms with E-state index in [-0.39, 0.29) is 5.88 Å². The van der Waals surface area contributed by atoms with Gasteiger partial charge in [0, 0.05) is 29.7 Å². The van der Waals surface area contributed by atoms with Gasteiger partial charge in [-0.2, -0.15) is 8.78 Å². The van der Waals surface area contributed by atoms with Crippen LogP contribution in [0.4, 0.5) is 8.78 Å². The van der Waals surface area contributed by atoms with Gasteiger partial charge in [0.25, 0.3) is 0 Å². The van der Waals surface area contributed by atoms with E-state index in [0.717, 1.165) is 26.6 Å². The monoisotopic (exact) mass is 370 g/mol. The molecule has 5 nitrogen and oxygen atoms in total. The van der Waals surface area contributed by atoms with Crippen molar-refractivity contribution in [1.82, 2.24) is 19.9 Å². The molecule has 0 atom stereocenters. The van der Waals surface area contributed by atoms with Gasteiger partial charge in [-0.3, -0.25) is 4.98 Å². The number of halogens is 2. The summed E-state index contributed by atoms with van der Waals surface area (Å²) in [6.45, 7) is -1.03. The third-order valence-corrected chi connectivity index (χ3v) is 4.74. The van der Waals surface area contributed by atoms with Gasteiger partial charge in [0.2, 0.25) is 5.88 Å². The highest BCUT2D eigenvalue weighted by molar-refractivity contribution is 7.18. The Morgan fingerprint density at radius 2 is 2.00 bits per heavy atom. The van der Waals surface area contributed by atoms with Crippen molar-refractivity contribution in [2.75, 3.05) is 0 Å². The third-order valence-electron chi connectivity index (χ3n) is 3.66. The molecular weight excluding hydrogens is 358 g/mol. The lowest BCUT2D eigenvalue weighted by Gasteiger charge is -2.07. The zero-order valence-electron chi connectivity index (χ0n) is 13.6. The molecule has 3 heterocycles. The Hall–Kier alpha value is -3.00. The molecule has 1 aromatic carbocycles. The van der Waals surface area contributed by atoms with Crippen molar-refractivity contribution >= 4 is 22.4 Å². The van der Waals surface area contributed by atoms with Gasteiger partial charge in [0.05, 0.1) is 22.1 Å². The van der Waals surface area contributed by atoms with Gasteiger partial charge in [-0.25, -0.2) is 15.0 Å². The maximum Gasteiger partial charge on any atom is 0.388 e. The highest BCUT2D eigenvalue weighted by Crippen LogP contribution is 2.35.